The molecule has 0 saturated heterocycles. The maximum atomic E-state index is 12.9. The van der Waals surface area contributed by atoms with E-state index in [9.17, 15) is 4.39 Å². The van der Waals surface area contributed by atoms with E-state index in [2.05, 4.69) is 0 Å². The van der Waals surface area contributed by atoms with Gasteiger partial charge >= 0.3 is 0 Å². The van der Waals surface area contributed by atoms with Crippen molar-refractivity contribution in [1.82, 2.24) is 0 Å². The highest BCUT2D eigenvalue weighted by atomic mass is 19.1. The van der Waals surface area contributed by atoms with Gasteiger partial charge < -0.3 is 15.6 Å². The smallest absolute Gasteiger partial charge is 0.168 e. The summed E-state index contributed by atoms with van der Waals surface area (Å²) in [6.45, 7) is 0.376. The minimum absolute atomic E-state index is 0.366. The summed E-state index contributed by atoms with van der Waals surface area (Å²) in [6.07, 6.45) is 3.35. The molecule has 0 saturated carbocycles. The Labute approximate surface area is 81.6 Å². The molecular formula is C10H12FNO2. The molecule has 0 heterocycles. The van der Waals surface area contributed by atoms with Crippen LogP contribution in [0.2, 0.25) is 0 Å². The maximum Gasteiger partial charge on any atom is 0.168 e. The molecule has 0 aromatic heterocycles. The van der Waals surface area contributed by atoms with Crippen LogP contribution in [0.5, 0.6) is 11.5 Å². The molecule has 0 amide bonds. The number of benzene rings is 1. The van der Waals surface area contributed by atoms with Crippen molar-refractivity contribution in [2.75, 3.05) is 13.7 Å². The Kier molecular flexibility index (Phi) is 3.48. The molecule has 3 nitrogen and oxygen atoms in total. The van der Waals surface area contributed by atoms with Crippen molar-refractivity contribution in [3.05, 3.63) is 29.6 Å². The Balaban J connectivity index is 3.13. The van der Waals surface area contributed by atoms with Crippen LogP contribution in [0.4, 0.5) is 4.39 Å². The van der Waals surface area contributed by atoms with Crippen LogP contribution in [0.3, 0.4) is 0 Å². The molecule has 0 bridgehead atoms. The Hall–Kier alpha value is -1.55. The molecule has 4 heteroatoms. The third kappa shape index (κ3) is 2.23. The fraction of sp³-hybridized carbons (Fsp3) is 0.200. The summed E-state index contributed by atoms with van der Waals surface area (Å²) in [4.78, 5) is 0. The number of rotatable bonds is 3. The number of hydrogen-bond acceptors (Lipinski definition) is 3. The highest BCUT2D eigenvalue weighted by Gasteiger charge is 2.06. The largest absolute Gasteiger partial charge is 0.505 e. The van der Waals surface area contributed by atoms with E-state index in [1.54, 1.807) is 12.2 Å². The number of aromatic hydroxyl groups is 1. The molecule has 1 rings (SSSR count). The van der Waals surface area contributed by atoms with Gasteiger partial charge in [0.15, 0.2) is 11.6 Å². The van der Waals surface area contributed by atoms with E-state index in [0.717, 1.165) is 6.07 Å². The second-order valence-corrected chi connectivity index (χ2v) is 2.68. The zero-order chi connectivity index (χ0) is 10.6. The molecule has 0 atom stereocenters. The number of halogens is 1. The summed E-state index contributed by atoms with van der Waals surface area (Å²) in [5.41, 5.74) is 5.87. The van der Waals surface area contributed by atoms with Crippen LogP contribution < -0.4 is 10.5 Å². The van der Waals surface area contributed by atoms with Crippen LogP contribution in [0.25, 0.3) is 6.08 Å². The van der Waals surface area contributed by atoms with Crippen LogP contribution in [0, 0.1) is 5.82 Å². The second kappa shape index (κ2) is 4.62. The zero-order valence-electron chi connectivity index (χ0n) is 7.83. The van der Waals surface area contributed by atoms with Gasteiger partial charge in [-0.3, -0.25) is 0 Å². The summed E-state index contributed by atoms with van der Waals surface area (Å²) in [5.74, 6) is -0.737. The lowest BCUT2D eigenvalue weighted by Gasteiger charge is -2.05. The third-order valence-corrected chi connectivity index (χ3v) is 1.73. The first kappa shape index (κ1) is 10.5. The molecule has 0 aliphatic carbocycles. The van der Waals surface area contributed by atoms with Gasteiger partial charge in [0.2, 0.25) is 0 Å². The van der Waals surface area contributed by atoms with Crippen molar-refractivity contribution in [2.24, 2.45) is 5.73 Å². The van der Waals surface area contributed by atoms with Crippen molar-refractivity contribution in [3.8, 4) is 11.5 Å². The highest BCUT2D eigenvalue weighted by Crippen LogP contribution is 2.27. The molecule has 3 N–H and O–H groups in total. The number of phenols is 1. The molecule has 0 radical (unpaired) electrons. The molecule has 1 aromatic rings. The molecule has 0 aliphatic rings. The van der Waals surface area contributed by atoms with Crippen molar-refractivity contribution in [3.63, 3.8) is 0 Å². The highest BCUT2D eigenvalue weighted by molar-refractivity contribution is 5.59. The summed E-state index contributed by atoms with van der Waals surface area (Å²) >= 11 is 0. The average Bonchev–Trinajstić information content (AvgIpc) is 2.19. The number of ether oxygens (including phenoxy) is 1. The van der Waals surface area contributed by atoms with Gasteiger partial charge in [-0.25, -0.2) is 4.39 Å². The van der Waals surface area contributed by atoms with Crippen LogP contribution in [0.15, 0.2) is 18.2 Å². The predicted octanol–water partition coefficient (Wildman–Crippen LogP) is 1.51. The SMILES string of the molecule is COc1cc(F)c(O)cc1/C=C/CN. The average molecular weight is 197 g/mol. The number of methoxy groups -OCH3 is 1. The Morgan fingerprint density at radius 2 is 2.29 bits per heavy atom. The maximum absolute atomic E-state index is 12.9. The fourth-order valence-corrected chi connectivity index (χ4v) is 1.06. The molecule has 0 unspecified atom stereocenters. The lowest BCUT2D eigenvalue weighted by molar-refractivity contribution is 0.398. The molecular weight excluding hydrogens is 185 g/mol. The molecule has 0 fully saturated rings. The van der Waals surface area contributed by atoms with E-state index in [-0.39, 0.29) is 0 Å². The van der Waals surface area contributed by atoms with Gasteiger partial charge in [0.05, 0.1) is 7.11 Å². The summed E-state index contributed by atoms with van der Waals surface area (Å²) in [6, 6.07) is 2.42. The van der Waals surface area contributed by atoms with E-state index in [1.165, 1.54) is 13.2 Å². The van der Waals surface area contributed by atoms with E-state index >= 15 is 0 Å². The minimum Gasteiger partial charge on any atom is -0.505 e. The molecule has 0 spiro atoms. The molecule has 14 heavy (non-hydrogen) atoms. The normalized spacial score (nSPS) is 10.8. The van der Waals surface area contributed by atoms with E-state index in [0.29, 0.717) is 17.9 Å². The third-order valence-electron chi connectivity index (χ3n) is 1.73. The first-order valence-electron chi connectivity index (χ1n) is 4.12. The van der Waals surface area contributed by atoms with Crippen molar-refractivity contribution in [2.45, 2.75) is 0 Å². The summed E-state index contributed by atoms with van der Waals surface area (Å²) in [5, 5.41) is 9.12. The quantitative estimate of drug-likeness (QED) is 0.772. The van der Waals surface area contributed by atoms with Gasteiger partial charge in [0.1, 0.15) is 5.75 Å². The minimum atomic E-state index is -0.702. The van der Waals surface area contributed by atoms with Crippen molar-refractivity contribution in [1.29, 1.82) is 0 Å². The van der Waals surface area contributed by atoms with Crippen LogP contribution in [-0.4, -0.2) is 18.8 Å². The second-order valence-electron chi connectivity index (χ2n) is 2.68. The molecule has 0 aliphatic heterocycles. The van der Waals surface area contributed by atoms with Crippen LogP contribution >= 0.6 is 0 Å². The number of hydrogen-bond donors (Lipinski definition) is 2. The lowest BCUT2D eigenvalue weighted by atomic mass is 10.1. The molecule has 76 valence electrons. The summed E-state index contributed by atoms with van der Waals surface area (Å²) in [7, 11) is 1.44. The Morgan fingerprint density at radius 1 is 1.57 bits per heavy atom. The van der Waals surface area contributed by atoms with Gasteiger partial charge in [-0.15, -0.1) is 0 Å². The van der Waals surface area contributed by atoms with Gasteiger partial charge in [-0.1, -0.05) is 12.2 Å². The van der Waals surface area contributed by atoms with Gasteiger partial charge in [0, 0.05) is 18.2 Å². The van der Waals surface area contributed by atoms with E-state index < -0.39 is 11.6 Å². The Bertz CT molecular complexity index is 350. The fourth-order valence-electron chi connectivity index (χ4n) is 1.06. The summed E-state index contributed by atoms with van der Waals surface area (Å²) < 4.78 is 17.8. The topological polar surface area (TPSA) is 55.5 Å². The first-order chi connectivity index (χ1) is 6.69. The number of nitrogens with two attached hydrogens (primary N) is 1. The number of phenolic OH excluding ortho intramolecular Hbond substituents is 1. The van der Waals surface area contributed by atoms with Crippen molar-refractivity contribution < 1.29 is 14.2 Å². The van der Waals surface area contributed by atoms with Crippen LogP contribution in [-0.2, 0) is 0 Å². The lowest BCUT2D eigenvalue weighted by Crippen LogP contribution is -1.93. The zero-order valence-corrected chi connectivity index (χ0v) is 7.83. The van der Waals surface area contributed by atoms with Crippen LogP contribution in [0.1, 0.15) is 5.56 Å². The monoisotopic (exact) mass is 197 g/mol. The van der Waals surface area contributed by atoms with E-state index in [4.69, 9.17) is 15.6 Å². The predicted molar refractivity (Wildman–Crippen MR) is 52.7 cm³/mol. The standard InChI is InChI=1S/C10H12FNO2/c1-14-10-6-8(11)9(13)5-7(10)3-2-4-12/h2-3,5-6,13H,4,12H2,1H3/b3-2+. The Morgan fingerprint density at radius 3 is 2.86 bits per heavy atom. The van der Waals surface area contributed by atoms with Gasteiger partial charge in [-0.05, 0) is 6.07 Å². The van der Waals surface area contributed by atoms with Crippen molar-refractivity contribution >= 4 is 6.08 Å². The van der Waals surface area contributed by atoms with Gasteiger partial charge in [-0.2, -0.15) is 0 Å². The van der Waals surface area contributed by atoms with Gasteiger partial charge in [0.25, 0.3) is 0 Å². The first-order valence-corrected chi connectivity index (χ1v) is 4.12. The molecule has 1 aromatic carbocycles. The van der Waals surface area contributed by atoms with E-state index in [1.807, 2.05) is 0 Å².